The number of nitrogens with zero attached hydrogens (tertiary/aromatic N) is 3. The zero-order valence-corrected chi connectivity index (χ0v) is 17.0. The third-order valence-corrected chi connectivity index (χ3v) is 4.73. The Labute approximate surface area is 172 Å². The van der Waals surface area contributed by atoms with E-state index in [9.17, 15) is 9.90 Å². The molecule has 0 aliphatic heterocycles. The summed E-state index contributed by atoms with van der Waals surface area (Å²) in [5, 5.41) is 10.7. The van der Waals surface area contributed by atoms with E-state index in [-0.39, 0.29) is 12.2 Å². The second-order valence-electron chi connectivity index (χ2n) is 6.25. The molecule has 2 aromatic heterocycles. The zero-order valence-electron chi connectivity index (χ0n) is 15.4. The molecule has 1 N–H and O–H groups in total. The van der Waals surface area contributed by atoms with Crippen LogP contribution < -0.4 is 4.74 Å². The van der Waals surface area contributed by atoms with Crippen LogP contribution >= 0.6 is 23.2 Å². The zero-order chi connectivity index (χ0) is 20.3. The quantitative estimate of drug-likeness (QED) is 0.576. The number of aryl methyl sites for hydroxylation is 1. The van der Waals surface area contributed by atoms with E-state index in [1.807, 2.05) is 6.92 Å². The molecular weight excluding hydrogens is 401 g/mol. The molecule has 0 atom stereocenters. The van der Waals surface area contributed by atoms with E-state index in [1.165, 1.54) is 0 Å². The summed E-state index contributed by atoms with van der Waals surface area (Å²) in [6.45, 7) is 4.45. The van der Waals surface area contributed by atoms with E-state index in [1.54, 1.807) is 48.1 Å². The van der Waals surface area contributed by atoms with Crippen molar-refractivity contribution in [1.29, 1.82) is 0 Å². The van der Waals surface area contributed by atoms with Crippen molar-refractivity contribution in [3.8, 4) is 17.1 Å². The lowest BCUT2D eigenvalue weighted by Gasteiger charge is -2.13. The van der Waals surface area contributed by atoms with Crippen LogP contribution in [-0.4, -0.2) is 32.2 Å². The number of hydrogen-bond acceptors (Lipinski definition) is 4. The topological polar surface area (TPSA) is 77.2 Å². The summed E-state index contributed by atoms with van der Waals surface area (Å²) in [6.07, 6.45) is 4.11. The molecule has 0 radical (unpaired) electrons. The first-order valence-corrected chi connectivity index (χ1v) is 9.48. The first-order chi connectivity index (χ1) is 13.4. The van der Waals surface area contributed by atoms with Crippen LogP contribution in [0, 0.1) is 6.92 Å². The van der Waals surface area contributed by atoms with Crippen LogP contribution in [0.25, 0.3) is 11.4 Å². The summed E-state index contributed by atoms with van der Waals surface area (Å²) >= 11 is 12.4. The van der Waals surface area contributed by atoms with E-state index < -0.39 is 5.97 Å². The van der Waals surface area contributed by atoms with Crippen LogP contribution in [0.5, 0.6) is 5.75 Å². The number of imidazole rings is 1. The van der Waals surface area contributed by atoms with E-state index >= 15 is 0 Å². The lowest BCUT2D eigenvalue weighted by molar-refractivity contribution is 0.0685. The molecule has 28 heavy (non-hydrogen) atoms. The molecule has 3 aromatic rings. The van der Waals surface area contributed by atoms with Gasteiger partial charge in [0.05, 0.1) is 25.0 Å². The van der Waals surface area contributed by atoms with Crippen LogP contribution in [0.1, 0.15) is 35.1 Å². The highest BCUT2D eigenvalue weighted by atomic mass is 35.5. The van der Waals surface area contributed by atoms with Crippen LogP contribution in [0.15, 0.2) is 36.7 Å². The highest BCUT2D eigenvalue weighted by molar-refractivity contribution is 6.33. The van der Waals surface area contributed by atoms with Gasteiger partial charge in [0.15, 0.2) is 5.69 Å². The van der Waals surface area contributed by atoms with Crippen LogP contribution in [0.4, 0.5) is 0 Å². The predicted octanol–water partition coefficient (Wildman–Crippen LogP) is 5.10. The fourth-order valence-electron chi connectivity index (χ4n) is 2.89. The van der Waals surface area contributed by atoms with Gasteiger partial charge in [-0.25, -0.2) is 9.78 Å². The van der Waals surface area contributed by atoms with Gasteiger partial charge in [-0.1, -0.05) is 30.1 Å². The number of aromatic carboxylic acids is 1. The first-order valence-electron chi connectivity index (χ1n) is 8.73. The van der Waals surface area contributed by atoms with E-state index in [4.69, 9.17) is 27.9 Å². The maximum Gasteiger partial charge on any atom is 0.354 e. The highest BCUT2D eigenvalue weighted by Gasteiger charge is 2.22. The molecule has 0 spiro atoms. The van der Waals surface area contributed by atoms with Crippen molar-refractivity contribution in [2.24, 2.45) is 0 Å². The van der Waals surface area contributed by atoms with Gasteiger partial charge in [0.1, 0.15) is 11.6 Å². The van der Waals surface area contributed by atoms with Crippen molar-refractivity contribution in [2.45, 2.75) is 26.8 Å². The molecule has 0 fully saturated rings. The second-order valence-corrected chi connectivity index (χ2v) is 7.10. The smallest absolute Gasteiger partial charge is 0.354 e. The number of hydrogen-bond donors (Lipinski definition) is 1. The Morgan fingerprint density at radius 3 is 2.75 bits per heavy atom. The SMILES string of the molecule is CCCOc1cncc(-c2nc(C)c(C(=O)O)n2Cc2cc(Cl)ccc2Cl)c1. The number of halogens is 2. The van der Waals surface area contributed by atoms with E-state index in [2.05, 4.69) is 9.97 Å². The van der Waals surface area contributed by atoms with Gasteiger partial charge in [0, 0.05) is 21.8 Å². The molecule has 0 aliphatic carbocycles. The van der Waals surface area contributed by atoms with Gasteiger partial charge in [0.25, 0.3) is 0 Å². The number of benzene rings is 1. The Morgan fingerprint density at radius 2 is 2.04 bits per heavy atom. The van der Waals surface area contributed by atoms with Crippen molar-refractivity contribution in [3.05, 3.63) is 63.7 Å². The molecule has 8 heteroatoms. The van der Waals surface area contributed by atoms with Crippen molar-refractivity contribution in [3.63, 3.8) is 0 Å². The molecule has 0 saturated carbocycles. The van der Waals surface area contributed by atoms with Crippen LogP contribution in [0.3, 0.4) is 0 Å². The predicted molar refractivity (Wildman–Crippen MR) is 109 cm³/mol. The van der Waals surface area contributed by atoms with E-state index in [0.717, 1.165) is 6.42 Å². The Bertz CT molecular complexity index is 1020. The molecule has 0 bridgehead atoms. The average molecular weight is 420 g/mol. The van der Waals surface area contributed by atoms with Crippen LogP contribution in [0.2, 0.25) is 10.0 Å². The lowest BCUT2D eigenvalue weighted by atomic mass is 10.2. The van der Waals surface area contributed by atoms with Crippen molar-refractivity contribution in [1.82, 2.24) is 14.5 Å². The van der Waals surface area contributed by atoms with Crippen molar-refractivity contribution in [2.75, 3.05) is 6.61 Å². The third kappa shape index (κ3) is 4.29. The standard InChI is InChI=1S/C20H19Cl2N3O3/c1-3-6-28-16-8-13(9-23-10-16)19-24-12(2)18(20(26)27)25(19)11-14-7-15(21)4-5-17(14)22/h4-5,7-10H,3,6,11H2,1-2H3,(H,26,27). The summed E-state index contributed by atoms with van der Waals surface area (Å²) in [4.78, 5) is 20.6. The Hall–Kier alpha value is -2.57. The molecule has 3 rings (SSSR count). The maximum atomic E-state index is 11.9. The molecule has 0 amide bonds. The first kappa shape index (κ1) is 20.2. The maximum absolute atomic E-state index is 11.9. The van der Waals surface area contributed by atoms with Crippen molar-refractivity contribution >= 4 is 29.2 Å². The molecule has 0 saturated heterocycles. The minimum atomic E-state index is -1.07. The Kier molecular flexibility index (Phi) is 6.21. The number of ether oxygens (including phenoxy) is 1. The Balaban J connectivity index is 2.11. The molecule has 0 aliphatic rings. The minimum absolute atomic E-state index is 0.0888. The monoisotopic (exact) mass is 419 g/mol. The summed E-state index contributed by atoms with van der Waals surface area (Å²) in [5.41, 5.74) is 1.84. The fourth-order valence-corrected chi connectivity index (χ4v) is 3.26. The molecule has 1 aromatic carbocycles. The highest BCUT2D eigenvalue weighted by Crippen LogP contribution is 2.28. The normalized spacial score (nSPS) is 10.9. The number of rotatable bonds is 7. The van der Waals surface area contributed by atoms with Gasteiger partial charge in [0.2, 0.25) is 0 Å². The molecular formula is C20H19Cl2N3O3. The summed E-state index contributed by atoms with van der Waals surface area (Å²) in [7, 11) is 0. The average Bonchev–Trinajstić information content (AvgIpc) is 2.99. The van der Waals surface area contributed by atoms with Gasteiger partial charge in [-0.2, -0.15) is 0 Å². The number of pyridine rings is 1. The molecule has 146 valence electrons. The molecule has 2 heterocycles. The van der Waals surface area contributed by atoms with Gasteiger partial charge in [-0.3, -0.25) is 4.98 Å². The number of carboxylic acid groups (broad SMARTS) is 1. The fraction of sp³-hybridized carbons (Fsp3) is 0.250. The number of aromatic nitrogens is 3. The second kappa shape index (κ2) is 8.63. The summed E-state index contributed by atoms with van der Waals surface area (Å²) in [6, 6.07) is 6.88. The minimum Gasteiger partial charge on any atom is -0.492 e. The van der Waals surface area contributed by atoms with E-state index in [0.29, 0.717) is 45.0 Å². The number of carbonyl (C=O) groups is 1. The third-order valence-electron chi connectivity index (χ3n) is 4.12. The van der Waals surface area contributed by atoms with Crippen LogP contribution in [-0.2, 0) is 6.54 Å². The van der Waals surface area contributed by atoms with Gasteiger partial charge in [-0.05, 0) is 43.2 Å². The molecule has 0 unspecified atom stereocenters. The lowest BCUT2D eigenvalue weighted by Crippen LogP contribution is -2.12. The van der Waals surface area contributed by atoms with Gasteiger partial charge < -0.3 is 14.4 Å². The summed E-state index contributed by atoms with van der Waals surface area (Å²) in [5.74, 6) is 0.00496. The van der Waals surface area contributed by atoms with Crippen molar-refractivity contribution < 1.29 is 14.6 Å². The summed E-state index contributed by atoms with van der Waals surface area (Å²) < 4.78 is 7.25. The Morgan fingerprint density at radius 1 is 1.25 bits per heavy atom. The number of carboxylic acids is 1. The van der Waals surface area contributed by atoms with Gasteiger partial charge >= 0.3 is 5.97 Å². The molecule has 6 nitrogen and oxygen atoms in total. The van der Waals surface area contributed by atoms with Gasteiger partial charge in [-0.15, -0.1) is 0 Å². The largest absolute Gasteiger partial charge is 0.492 e.